The van der Waals surface area contributed by atoms with Gasteiger partial charge in [-0.1, -0.05) is 53.5 Å². The normalized spacial score (nSPS) is 11.6. The average Bonchev–Trinajstić information content (AvgIpc) is 3.13. The molecular weight excluding hydrogens is 486 g/mol. The van der Waals surface area contributed by atoms with Gasteiger partial charge >= 0.3 is 0 Å². The third kappa shape index (κ3) is 4.90. The van der Waals surface area contributed by atoms with Gasteiger partial charge in [0.2, 0.25) is 5.91 Å². The molecule has 33 heavy (non-hydrogen) atoms. The topological polar surface area (TPSA) is 68.2 Å². The van der Waals surface area contributed by atoms with Crippen molar-refractivity contribution in [2.45, 2.75) is 24.1 Å². The van der Waals surface area contributed by atoms with E-state index in [9.17, 15) is 17.6 Å². The number of aryl methyl sites for hydroxylation is 1. The Balaban J connectivity index is 1.66. The summed E-state index contributed by atoms with van der Waals surface area (Å²) in [5.74, 6) is -1.64. The van der Waals surface area contributed by atoms with Crippen LogP contribution in [0.2, 0.25) is 10.0 Å². The van der Waals surface area contributed by atoms with Crippen molar-refractivity contribution in [3.05, 3.63) is 93.8 Å². The first-order valence-electron chi connectivity index (χ1n) is 9.95. The van der Waals surface area contributed by atoms with Gasteiger partial charge in [0.1, 0.15) is 12.4 Å². The second kappa shape index (κ2) is 9.17. The molecule has 1 aromatic heterocycles. The van der Waals surface area contributed by atoms with Crippen molar-refractivity contribution in [1.29, 1.82) is 0 Å². The summed E-state index contributed by atoms with van der Waals surface area (Å²) in [6.07, 6.45) is 1.40. The largest absolute Gasteiger partial charge is 0.337 e. The van der Waals surface area contributed by atoms with Crippen LogP contribution in [0.25, 0.3) is 10.9 Å². The van der Waals surface area contributed by atoms with Crippen LogP contribution < -0.4 is 5.32 Å². The maximum atomic E-state index is 14.2. The van der Waals surface area contributed by atoms with E-state index in [0.29, 0.717) is 21.6 Å². The number of nitrogens with one attached hydrogen (secondary N) is 1. The first-order valence-corrected chi connectivity index (χ1v) is 12.4. The number of carbonyl (C=O) groups excluding carboxylic acids is 1. The number of amides is 1. The van der Waals surface area contributed by atoms with Crippen LogP contribution in [0.15, 0.2) is 71.8 Å². The number of para-hydroxylation sites is 1. The highest BCUT2D eigenvalue weighted by atomic mass is 35.5. The molecule has 4 rings (SSSR count). The lowest BCUT2D eigenvalue weighted by molar-refractivity contribution is -0.116. The maximum absolute atomic E-state index is 14.2. The SMILES string of the molecule is Cc1ccc(NC(=O)Cn2cc(S(=O)(=O)Cc3c(F)cccc3Cl)c3ccccc32)cc1Cl. The number of rotatable bonds is 6. The molecule has 0 bridgehead atoms. The van der Waals surface area contributed by atoms with Crippen molar-refractivity contribution in [3.8, 4) is 0 Å². The molecule has 4 aromatic rings. The summed E-state index contributed by atoms with van der Waals surface area (Å²) >= 11 is 12.2. The summed E-state index contributed by atoms with van der Waals surface area (Å²) in [7, 11) is -3.96. The quantitative estimate of drug-likeness (QED) is 0.349. The Bertz CT molecular complexity index is 1460. The lowest BCUT2D eigenvalue weighted by Gasteiger charge is -2.08. The van der Waals surface area contributed by atoms with Gasteiger partial charge in [-0.15, -0.1) is 0 Å². The number of fused-ring (bicyclic) bond motifs is 1. The number of nitrogens with zero attached hydrogens (tertiary/aromatic N) is 1. The van der Waals surface area contributed by atoms with Gasteiger partial charge in [-0.05, 0) is 42.8 Å². The standard InChI is InChI=1S/C24H19Cl2FN2O3S/c1-15-9-10-16(11-20(15)26)28-24(30)13-29-12-23(17-5-2-3-8-22(17)29)33(31,32)14-18-19(25)6-4-7-21(18)27/h2-12H,13-14H2,1H3,(H,28,30). The molecule has 0 unspecified atom stereocenters. The molecule has 0 saturated carbocycles. The number of carbonyl (C=O) groups is 1. The van der Waals surface area contributed by atoms with Crippen LogP contribution >= 0.6 is 23.2 Å². The molecule has 5 nitrogen and oxygen atoms in total. The predicted molar refractivity (Wildman–Crippen MR) is 129 cm³/mol. The van der Waals surface area contributed by atoms with Gasteiger partial charge in [-0.2, -0.15) is 0 Å². The van der Waals surface area contributed by atoms with E-state index in [1.165, 1.54) is 24.4 Å². The Morgan fingerprint density at radius 1 is 1.03 bits per heavy atom. The van der Waals surface area contributed by atoms with Crippen LogP contribution in [-0.4, -0.2) is 18.9 Å². The van der Waals surface area contributed by atoms with Crippen LogP contribution in [0, 0.1) is 12.7 Å². The van der Waals surface area contributed by atoms with E-state index in [2.05, 4.69) is 5.32 Å². The van der Waals surface area contributed by atoms with Gasteiger partial charge in [-0.3, -0.25) is 4.79 Å². The number of benzene rings is 3. The summed E-state index contributed by atoms with van der Waals surface area (Å²) in [4.78, 5) is 12.7. The zero-order valence-electron chi connectivity index (χ0n) is 17.5. The van der Waals surface area contributed by atoms with Crippen molar-refractivity contribution >= 4 is 55.5 Å². The third-order valence-corrected chi connectivity index (χ3v) is 7.68. The fourth-order valence-corrected chi connectivity index (χ4v) is 5.67. The van der Waals surface area contributed by atoms with Crippen LogP contribution in [0.3, 0.4) is 0 Å². The van der Waals surface area contributed by atoms with E-state index in [1.807, 2.05) is 6.92 Å². The van der Waals surface area contributed by atoms with Gasteiger partial charge in [0.15, 0.2) is 9.84 Å². The van der Waals surface area contributed by atoms with Gasteiger partial charge in [0.05, 0.1) is 10.6 Å². The highest BCUT2D eigenvalue weighted by Crippen LogP contribution is 2.30. The van der Waals surface area contributed by atoms with E-state index in [0.717, 1.165) is 5.56 Å². The highest BCUT2D eigenvalue weighted by molar-refractivity contribution is 7.90. The zero-order valence-corrected chi connectivity index (χ0v) is 19.8. The molecule has 1 amide bonds. The van der Waals surface area contributed by atoms with Crippen molar-refractivity contribution < 1.29 is 17.6 Å². The molecule has 0 spiro atoms. The van der Waals surface area contributed by atoms with Crippen molar-refractivity contribution in [3.63, 3.8) is 0 Å². The number of hydrogen-bond acceptors (Lipinski definition) is 3. The molecule has 0 radical (unpaired) electrons. The van der Waals surface area contributed by atoms with Crippen LogP contribution in [0.5, 0.6) is 0 Å². The minimum Gasteiger partial charge on any atom is -0.337 e. The predicted octanol–water partition coefficient (Wildman–Crippen LogP) is 6.01. The van der Waals surface area contributed by atoms with Crippen LogP contribution in [0.4, 0.5) is 10.1 Å². The smallest absolute Gasteiger partial charge is 0.244 e. The van der Waals surface area contributed by atoms with Gasteiger partial charge in [0, 0.05) is 38.4 Å². The summed E-state index contributed by atoms with van der Waals surface area (Å²) < 4.78 is 42.2. The minimum atomic E-state index is -3.96. The summed E-state index contributed by atoms with van der Waals surface area (Å²) in [6.45, 7) is 1.73. The minimum absolute atomic E-state index is 0.00333. The molecule has 1 heterocycles. The van der Waals surface area contributed by atoms with Gasteiger partial charge in [-0.25, -0.2) is 12.8 Å². The van der Waals surface area contributed by atoms with Crippen LogP contribution in [0.1, 0.15) is 11.1 Å². The molecule has 0 fully saturated rings. The first-order chi connectivity index (χ1) is 15.7. The molecule has 170 valence electrons. The molecule has 0 aliphatic heterocycles. The monoisotopic (exact) mass is 504 g/mol. The fourth-order valence-electron chi connectivity index (χ4n) is 3.56. The fraction of sp³-hybridized carbons (Fsp3) is 0.125. The van der Waals surface area contributed by atoms with E-state index >= 15 is 0 Å². The van der Waals surface area contributed by atoms with E-state index in [1.54, 1.807) is 47.0 Å². The van der Waals surface area contributed by atoms with Crippen molar-refractivity contribution in [1.82, 2.24) is 4.57 Å². The van der Waals surface area contributed by atoms with Crippen LogP contribution in [-0.2, 0) is 26.9 Å². The van der Waals surface area contributed by atoms with E-state index in [4.69, 9.17) is 23.2 Å². The second-order valence-electron chi connectivity index (χ2n) is 7.61. The average molecular weight is 505 g/mol. The van der Waals surface area contributed by atoms with Gasteiger partial charge in [0.25, 0.3) is 0 Å². The van der Waals surface area contributed by atoms with E-state index < -0.39 is 21.4 Å². The van der Waals surface area contributed by atoms with Crippen molar-refractivity contribution in [2.75, 3.05) is 5.32 Å². The Kier molecular flexibility index (Phi) is 6.47. The Morgan fingerprint density at radius 2 is 1.79 bits per heavy atom. The van der Waals surface area contributed by atoms with E-state index in [-0.39, 0.29) is 27.9 Å². The molecular formula is C24H19Cl2FN2O3S. The Hall–Kier alpha value is -2.87. The number of sulfone groups is 1. The molecule has 0 atom stereocenters. The first kappa shape index (κ1) is 23.3. The Labute approximate surface area is 200 Å². The number of aromatic nitrogens is 1. The molecule has 9 heteroatoms. The number of hydrogen-bond donors (Lipinski definition) is 1. The third-order valence-electron chi connectivity index (χ3n) is 5.25. The maximum Gasteiger partial charge on any atom is 0.244 e. The highest BCUT2D eigenvalue weighted by Gasteiger charge is 2.25. The molecule has 3 aromatic carbocycles. The zero-order chi connectivity index (χ0) is 23.8. The number of halogens is 3. The molecule has 1 N–H and O–H groups in total. The lowest BCUT2D eigenvalue weighted by Crippen LogP contribution is -2.18. The molecule has 0 aliphatic carbocycles. The summed E-state index contributed by atoms with van der Waals surface area (Å²) in [5, 5.41) is 3.77. The summed E-state index contributed by atoms with van der Waals surface area (Å²) in [6, 6.07) is 16.0. The van der Waals surface area contributed by atoms with Crippen molar-refractivity contribution in [2.24, 2.45) is 0 Å². The Morgan fingerprint density at radius 3 is 2.52 bits per heavy atom. The lowest BCUT2D eigenvalue weighted by atomic mass is 10.2. The molecule has 0 saturated heterocycles. The number of anilines is 1. The molecule has 0 aliphatic rings. The van der Waals surface area contributed by atoms with Gasteiger partial charge < -0.3 is 9.88 Å². The second-order valence-corrected chi connectivity index (χ2v) is 10.4. The summed E-state index contributed by atoms with van der Waals surface area (Å²) in [5.41, 5.74) is 1.89.